The summed E-state index contributed by atoms with van der Waals surface area (Å²) in [5.74, 6) is -0.689. The van der Waals surface area contributed by atoms with Gasteiger partial charge in [-0.1, -0.05) is 30.3 Å². The molecule has 0 heterocycles. The lowest BCUT2D eigenvalue weighted by molar-refractivity contribution is -0.143. The van der Waals surface area contributed by atoms with Gasteiger partial charge in [0.2, 0.25) is 0 Å². The second-order valence-corrected chi connectivity index (χ2v) is 5.72. The number of benzene rings is 2. The predicted molar refractivity (Wildman–Crippen MR) is 86.5 cm³/mol. The number of ether oxygens (including phenoxy) is 1. The number of methoxy groups -OCH3 is 1. The van der Waals surface area contributed by atoms with Gasteiger partial charge in [-0.15, -0.1) is 0 Å². The first-order chi connectivity index (χ1) is 11.7. The van der Waals surface area contributed by atoms with Gasteiger partial charge in [-0.2, -0.15) is 5.26 Å². The molecular weight excluding hydrogens is 307 g/mol. The summed E-state index contributed by atoms with van der Waals surface area (Å²) >= 11 is 0. The van der Waals surface area contributed by atoms with E-state index in [2.05, 4.69) is 11.4 Å². The molecule has 0 aliphatic heterocycles. The Bertz CT molecular complexity index is 813. The molecule has 2 atom stereocenters. The molecule has 2 unspecified atom stereocenters. The molecule has 2 aromatic carbocycles. The molecular formula is C19H17FN2O2. The topological polar surface area (TPSA) is 62.1 Å². The third kappa shape index (κ3) is 2.89. The molecule has 122 valence electrons. The zero-order valence-corrected chi connectivity index (χ0v) is 13.3. The van der Waals surface area contributed by atoms with Crippen LogP contribution in [0.25, 0.3) is 0 Å². The molecule has 24 heavy (non-hydrogen) atoms. The maximum Gasteiger partial charge on any atom is 0.327 e. The standard InChI is InChI=1S/C19H17FN2O2/c1-24-19(23)18(13-6-3-2-5-12(13)11-21)22-17-10-9-14-15(17)7-4-8-16(14)20/h2-8,17-18,22H,9-10H2,1H3. The number of rotatable bonds is 4. The SMILES string of the molecule is COC(=O)C(NC1CCc2c(F)cccc21)c1ccccc1C#N. The summed E-state index contributed by atoms with van der Waals surface area (Å²) in [5.41, 5.74) is 2.53. The number of nitrogens with zero attached hydrogens (tertiary/aromatic N) is 1. The van der Waals surface area contributed by atoms with E-state index < -0.39 is 12.0 Å². The third-order valence-corrected chi connectivity index (χ3v) is 4.41. The van der Waals surface area contributed by atoms with E-state index in [0.717, 1.165) is 5.56 Å². The van der Waals surface area contributed by atoms with Gasteiger partial charge < -0.3 is 4.74 Å². The highest BCUT2D eigenvalue weighted by atomic mass is 19.1. The van der Waals surface area contributed by atoms with Crippen LogP contribution < -0.4 is 5.32 Å². The Kier molecular flexibility index (Phi) is 4.59. The third-order valence-electron chi connectivity index (χ3n) is 4.41. The van der Waals surface area contributed by atoms with Gasteiger partial charge in [-0.05, 0) is 41.7 Å². The number of carbonyl (C=O) groups is 1. The maximum absolute atomic E-state index is 13.9. The summed E-state index contributed by atoms with van der Waals surface area (Å²) in [6.45, 7) is 0. The molecule has 0 bridgehead atoms. The molecule has 0 radical (unpaired) electrons. The Morgan fingerprint density at radius 3 is 2.88 bits per heavy atom. The van der Waals surface area contributed by atoms with Gasteiger partial charge in [-0.25, -0.2) is 9.18 Å². The van der Waals surface area contributed by atoms with E-state index in [1.807, 2.05) is 6.07 Å². The van der Waals surface area contributed by atoms with Crippen molar-refractivity contribution >= 4 is 5.97 Å². The molecule has 0 saturated heterocycles. The average Bonchev–Trinajstić information content (AvgIpc) is 3.03. The van der Waals surface area contributed by atoms with Crippen molar-refractivity contribution in [3.8, 4) is 6.07 Å². The van der Waals surface area contributed by atoms with Crippen molar-refractivity contribution in [2.75, 3.05) is 7.11 Å². The molecule has 4 nitrogen and oxygen atoms in total. The van der Waals surface area contributed by atoms with Crippen LogP contribution in [0.2, 0.25) is 0 Å². The van der Waals surface area contributed by atoms with Gasteiger partial charge in [0.15, 0.2) is 0 Å². The van der Waals surface area contributed by atoms with Gasteiger partial charge in [0.1, 0.15) is 11.9 Å². The molecule has 5 heteroatoms. The first kappa shape index (κ1) is 16.2. The monoisotopic (exact) mass is 324 g/mol. The Hall–Kier alpha value is -2.71. The Morgan fingerprint density at radius 2 is 2.12 bits per heavy atom. The summed E-state index contributed by atoms with van der Waals surface area (Å²) in [5, 5.41) is 12.5. The van der Waals surface area contributed by atoms with Gasteiger partial charge in [0.05, 0.1) is 18.7 Å². The highest BCUT2D eigenvalue weighted by molar-refractivity contribution is 5.78. The van der Waals surface area contributed by atoms with Gasteiger partial charge in [0.25, 0.3) is 0 Å². The molecule has 3 rings (SSSR count). The van der Waals surface area contributed by atoms with Crippen LogP contribution in [0.5, 0.6) is 0 Å². The zero-order chi connectivity index (χ0) is 17.1. The minimum absolute atomic E-state index is 0.161. The van der Waals surface area contributed by atoms with Gasteiger partial charge >= 0.3 is 5.97 Å². The number of hydrogen-bond acceptors (Lipinski definition) is 4. The summed E-state index contributed by atoms with van der Waals surface area (Å²) in [4.78, 5) is 12.3. The van der Waals surface area contributed by atoms with Crippen LogP contribution in [-0.2, 0) is 16.0 Å². The first-order valence-electron chi connectivity index (χ1n) is 7.76. The summed E-state index contributed by atoms with van der Waals surface area (Å²) in [6.07, 6.45) is 1.31. The number of carbonyl (C=O) groups excluding carboxylic acids is 1. The largest absolute Gasteiger partial charge is 0.468 e. The van der Waals surface area contributed by atoms with Crippen molar-refractivity contribution in [3.63, 3.8) is 0 Å². The van der Waals surface area contributed by atoms with E-state index in [0.29, 0.717) is 29.5 Å². The summed E-state index contributed by atoms with van der Waals surface area (Å²) in [6, 6.07) is 13.1. The average molecular weight is 324 g/mol. The number of nitriles is 1. The number of esters is 1. The minimum atomic E-state index is -0.773. The second kappa shape index (κ2) is 6.81. The van der Waals surface area contributed by atoms with Crippen LogP contribution in [0.1, 0.15) is 40.8 Å². The van der Waals surface area contributed by atoms with Crippen LogP contribution in [0.15, 0.2) is 42.5 Å². The van der Waals surface area contributed by atoms with Crippen molar-refractivity contribution in [2.24, 2.45) is 0 Å². The molecule has 2 aromatic rings. The number of hydrogen-bond donors (Lipinski definition) is 1. The van der Waals surface area contributed by atoms with Crippen LogP contribution in [0.3, 0.4) is 0 Å². The molecule has 0 aromatic heterocycles. The smallest absolute Gasteiger partial charge is 0.327 e. The maximum atomic E-state index is 13.9. The zero-order valence-electron chi connectivity index (χ0n) is 13.3. The molecule has 1 aliphatic carbocycles. The Labute approximate surface area is 139 Å². The van der Waals surface area contributed by atoms with E-state index in [1.54, 1.807) is 30.3 Å². The van der Waals surface area contributed by atoms with Crippen molar-refractivity contribution in [3.05, 3.63) is 70.5 Å². The van der Waals surface area contributed by atoms with Crippen molar-refractivity contribution < 1.29 is 13.9 Å². The quantitative estimate of drug-likeness (QED) is 0.878. The molecule has 0 fully saturated rings. The predicted octanol–water partition coefficient (Wildman–Crippen LogP) is 3.19. The van der Waals surface area contributed by atoms with E-state index >= 15 is 0 Å². The van der Waals surface area contributed by atoms with E-state index in [-0.39, 0.29) is 11.9 Å². The molecule has 1 aliphatic rings. The van der Waals surface area contributed by atoms with Gasteiger partial charge in [-0.3, -0.25) is 5.32 Å². The van der Waals surface area contributed by atoms with Crippen LogP contribution in [-0.4, -0.2) is 13.1 Å². The van der Waals surface area contributed by atoms with E-state index in [4.69, 9.17) is 4.74 Å². The van der Waals surface area contributed by atoms with Crippen LogP contribution in [0, 0.1) is 17.1 Å². The summed E-state index contributed by atoms with van der Waals surface area (Å²) in [7, 11) is 1.31. The lowest BCUT2D eigenvalue weighted by Gasteiger charge is -2.23. The summed E-state index contributed by atoms with van der Waals surface area (Å²) < 4.78 is 18.8. The fraction of sp³-hybridized carbons (Fsp3) is 0.263. The number of halogens is 1. The second-order valence-electron chi connectivity index (χ2n) is 5.72. The van der Waals surface area contributed by atoms with Crippen molar-refractivity contribution in [1.29, 1.82) is 5.26 Å². The number of nitrogens with one attached hydrogen (secondary N) is 1. The van der Waals surface area contributed by atoms with E-state index in [9.17, 15) is 14.4 Å². The Morgan fingerprint density at radius 1 is 1.33 bits per heavy atom. The van der Waals surface area contributed by atoms with Crippen LogP contribution in [0.4, 0.5) is 4.39 Å². The van der Waals surface area contributed by atoms with Crippen LogP contribution >= 0.6 is 0 Å². The normalized spacial score (nSPS) is 17.0. The van der Waals surface area contributed by atoms with E-state index in [1.165, 1.54) is 13.2 Å². The molecule has 1 N–H and O–H groups in total. The Balaban J connectivity index is 1.95. The first-order valence-corrected chi connectivity index (χ1v) is 7.76. The van der Waals surface area contributed by atoms with Gasteiger partial charge in [0, 0.05) is 6.04 Å². The van der Waals surface area contributed by atoms with Crippen molar-refractivity contribution in [2.45, 2.75) is 24.9 Å². The number of fused-ring (bicyclic) bond motifs is 1. The molecule has 0 spiro atoms. The highest BCUT2D eigenvalue weighted by Gasteiger charge is 2.31. The fourth-order valence-corrected chi connectivity index (χ4v) is 3.24. The highest BCUT2D eigenvalue weighted by Crippen LogP contribution is 2.35. The van der Waals surface area contributed by atoms with Crippen molar-refractivity contribution in [1.82, 2.24) is 5.32 Å². The lowest BCUT2D eigenvalue weighted by atomic mass is 9.99. The molecule has 0 amide bonds. The fourth-order valence-electron chi connectivity index (χ4n) is 3.24. The lowest BCUT2D eigenvalue weighted by Crippen LogP contribution is -2.32. The molecule has 0 saturated carbocycles. The minimum Gasteiger partial charge on any atom is -0.468 e.